The summed E-state index contributed by atoms with van der Waals surface area (Å²) in [5.41, 5.74) is 0.212. The summed E-state index contributed by atoms with van der Waals surface area (Å²) in [6.07, 6.45) is 0. The maximum atomic E-state index is 12.5. The minimum absolute atomic E-state index is 0.212. The Kier molecular flexibility index (Phi) is 3.75. The van der Waals surface area contributed by atoms with Gasteiger partial charge in [-0.1, -0.05) is 30.3 Å². The molecule has 0 fully saturated rings. The molecular formula is C11H9ClF2O2. The first-order valence-electron chi connectivity index (χ1n) is 4.54. The third kappa shape index (κ3) is 2.85. The molecule has 86 valence electrons. The van der Waals surface area contributed by atoms with Crippen molar-refractivity contribution < 1.29 is 18.4 Å². The molecule has 0 N–H and O–H groups in total. The number of ketones is 2. The van der Waals surface area contributed by atoms with Gasteiger partial charge < -0.3 is 0 Å². The molecular weight excluding hydrogens is 238 g/mol. The molecule has 0 bridgehead atoms. The Morgan fingerprint density at radius 3 is 2.19 bits per heavy atom. The molecule has 0 saturated heterocycles. The molecule has 0 heterocycles. The second-order valence-electron chi connectivity index (χ2n) is 3.31. The lowest BCUT2D eigenvalue weighted by atomic mass is 9.95. The number of halogens is 3. The topological polar surface area (TPSA) is 34.1 Å². The lowest BCUT2D eigenvalue weighted by Gasteiger charge is -2.12. The van der Waals surface area contributed by atoms with Gasteiger partial charge in [0.2, 0.25) is 5.78 Å². The minimum atomic E-state index is -4.00. The van der Waals surface area contributed by atoms with E-state index < -0.39 is 22.9 Å². The average molecular weight is 247 g/mol. The van der Waals surface area contributed by atoms with Crippen molar-refractivity contribution in [3.8, 4) is 0 Å². The van der Waals surface area contributed by atoms with Gasteiger partial charge in [-0.3, -0.25) is 9.59 Å². The summed E-state index contributed by atoms with van der Waals surface area (Å²) in [5.74, 6) is -3.69. The molecule has 0 aliphatic heterocycles. The van der Waals surface area contributed by atoms with E-state index in [0.29, 0.717) is 0 Å². The molecule has 0 amide bonds. The lowest BCUT2D eigenvalue weighted by molar-refractivity contribution is -0.135. The number of carbonyl (C=O) groups is 2. The van der Waals surface area contributed by atoms with Crippen LogP contribution in [0, 0.1) is 5.92 Å². The van der Waals surface area contributed by atoms with E-state index in [9.17, 15) is 18.4 Å². The molecule has 1 rings (SSSR count). The van der Waals surface area contributed by atoms with E-state index in [1.165, 1.54) is 12.1 Å². The largest absolute Gasteiger partial charge is 0.381 e. The number of carbonyl (C=O) groups excluding carboxylic acids is 2. The van der Waals surface area contributed by atoms with E-state index in [4.69, 9.17) is 0 Å². The van der Waals surface area contributed by atoms with Crippen molar-refractivity contribution in [1.82, 2.24) is 0 Å². The van der Waals surface area contributed by atoms with Crippen LogP contribution in [0.25, 0.3) is 0 Å². The Balaban J connectivity index is 2.88. The fourth-order valence-corrected chi connectivity index (χ4v) is 1.38. The fourth-order valence-electron chi connectivity index (χ4n) is 1.22. The summed E-state index contributed by atoms with van der Waals surface area (Å²) >= 11 is 4.57. The van der Waals surface area contributed by atoms with Crippen molar-refractivity contribution in [1.29, 1.82) is 0 Å². The molecule has 0 spiro atoms. The van der Waals surface area contributed by atoms with E-state index in [1.54, 1.807) is 18.2 Å². The van der Waals surface area contributed by atoms with Crippen molar-refractivity contribution >= 4 is 23.2 Å². The molecule has 2 nitrogen and oxygen atoms in total. The summed E-state index contributed by atoms with van der Waals surface area (Å²) in [6.45, 7) is 1.12. The van der Waals surface area contributed by atoms with Gasteiger partial charge >= 0.3 is 5.38 Å². The molecule has 0 aliphatic carbocycles. The number of hydrogen-bond acceptors (Lipinski definition) is 2. The van der Waals surface area contributed by atoms with Crippen LogP contribution in [0.5, 0.6) is 0 Å². The van der Waals surface area contributed by atoms with Crippen LogP contribution < -0.4 is 0 Å². The highest BCUT2D eigenvalue weighted by Crippen LogP contribution is 2.25. The molecule has 0 radical (unpaired) electrons. The van der Waals surface area contributed by atoms with Gasteiger partial charge in [0.05, 0.1) is 5.92 Å². The smallest absolute Gasteiger partial charge is 0.293 e. The van der Waals surface area contributed by atoms with Crippen LogP contribution in [-0.4, -0.2) is 16.9 Å². The lowest BCUT2D eigenvalue weighted by Crippen LogP contribution is -2.32. The molecule has 0 aliphatic rings. The maximum Gasteiger partial charge on any atom is 0.381 e. The van der Waals surface area contributed by atoms with Gasteiger partial charge in [-0.25, -0.2) is 0 Å². The van der Waals surface area contributed by atoms with Gasteiger partial charge in [-0.15, -0.1) is 0 Å². The molecule has 1 aromatic carbocycles. The van der Waals surface area contributed by atoms with Gasteiger partial charge in [-0.05, 0) is 18.5 Å². The number of rotatable bonds is 4. The maximum absolute atomic E-state index is 12.5. The minimum Gasteiger partial charge on any atom is -0.293 e. The number of Topliss-reactive ketones (excluding diaryl/α,β-unsaturated/α-hetero) is 2. The highest BCUT2D eigenvalue weighted by atomic mass is 35.5. The third-order valence-electron chi connectivity index (χ3n) is 2.12. The summed E-state index contributed by atoms with van der Waals surface area (Å²) in [5, 5.41) is -4.00. The number of benzene rings is 1. The van der Waals surface area contributed by atoms with Crippen LogP contribution in [-0.2, 0) is 4.79 Å². The monoisotopic (exact) mass is 246 g/mol. The zero-order valence-corrected chi connectivity index (χ0v) is 9.17. The SMILES string of the molecule is CC(C(=O)c1ccccc1)C(=O)C(F)(F)Cl. The normalized spacial score (nSPS) is 13.2. The summed E-state index contributed by atoms with van der Waals surface area (Å²) in [6, 6.07) is 7.77. The quantitative estimate of drug-likeness (QED) is 0.465. The van der Waals surface area contributed by atoms with Crippen molar-refractivity contribution in [2.75, 3.05) is 0 Å². The Labute approximate surface area is 96.2 Å². The van der Waals surface area contributed by atoms with Crippen molar-refractivity contribution in [3.05, 3.63) is 35.9 Å². The molecule has 0 aromatic heterocycles. The van der Waals surface area contributed by atoms with E-state index in [1.807, 2.05) is 0 Å². The van der Waals surface area contributed by atoms with Crippen molar-refractivity contribution in [2.45, 2.75) is 12.3 Å². The standard InChI is InChI=1S/C11H9ClF2O2/c1-7(10(16)11(12,13)14)9(15)8-5-3-2-4-6-8/h2-7H,1H3. The van der Waals surface area contributed by atoms with Gasteiger partial charge in [0.15, 0.2) is 5.78 Å². The van der Waals surface area contributed by atoms with Gasteiger partial charge in [-0.2, -0.15) is 8.78 Å². The predicted octanol–water partition coefficient (Wildman–Crippen LogP) is 2.91. The zero-order chi connectivity index (χ0) is 12.3. The molecule has 5 heteroatoms. The van der Waals surface area contributed by atoms with Crippen LogP contribution in [0.3, 0.4) is 0 Å². The van der Waals surface area contributed by atoms with Crippen molar-refractivity contribution in [2.24, 2.45) is 5.92 Å². The summed E-state index contributed by atoms with van der Waals surface area (Å²) in [7, 11) is 0. The first kappa shape index (κ1) is 12.8. The first-order valence-corrected chi connectivity index (χ1v) is 4.92. The molecule has 16 heavy (non-hydrogen) atoms. The summed E-state index contributed by atoms with van der Waals surface area (Å²) < 4.78 is 25.0. The van der Waals surface area contributed by atoms with Crippen LogP contribution in [0.15, 0.2) is 30.3 Å². The van der Waals surface area contributed by atoms with E-state index >= 15 is 0 Å². The van der Waals surface area contributed by atoms with Crippen LogP contribution in [0.4, 0.5) is 8.78 Å². The van der Waals surface area contributed by atoms with E-state index in [-0.39, 0.29) is 5.56 Å². The second-order valence-corrected chi connectivity index (χ2v) is 3.79. The Morgan fingerprint density at radius 1 is 1.25 bits per heavy atom. The Morgan fingerprint density at radius 2 is 1.75 bits per heavy atom. The average Bonchev–Trinajstić information content (AvgIpc) is 2.26. The predicted molar refractivity (Wildman–Crippen MR) is 55.7 cm³/mol. The first-order chi connectivity index (χ1) is 7.34. The van der Waals surface area contributed by atoms with E-state index in [2.05, 4.69) is 11.6 Å². The molecule has 1 aromatic rings. The van der Waals surface area contributed by atoms with Crippen LogP contribution >= 0.6 is 11.6 Å². The highest BCUT2D eigenvalue weighted by molar-refractivity contribution is 6.35. The van der Waals surface area contributed by atoms with Crippen LogP contribution in [0.1, 0.15) is 17.3 Å². The van der Waals surface area contributed by atoms with E-state index in [0.717, 1.165) is 6.92 Å². The number of hydrogen-bond donors (Lipinski definition) is 0. The second kappa shape index (κ2) is 4.70. The molecule has 1 unspecified atom stereocenters. The zero-order valence-electron chi connectivity index (χ0n) is 8.41. The van der Waals surface area contributed by atoms with Crippen LogP contribution in [0.2, 0.25) is 0 Å². The van der Waals surface area contributed by atoms with Gasteiger partial charge in [0.1, 0.15) is 0 Å². The molecule has 1 atom stereocenters. The van der Waals surface area contributed by atoms with Gasteiger partial charge in [0, 0.05) is 5.56 Å². The molecule has 0 saturated carbocycles. The van der Waals surface area contributed by atoms with Gasteiger partial charge in [0.25, 0.3) is 0 Å². The Hall–Kier alpha value is -1.29. The van der Waals surface area contributed by atoms with Crippen molar-refractivity contribution in [3.63, 3.8) is 0 Å². The Bertz CT molecular complexity index is 398. The third-order valence-corrected chi connectivity index (χ3v) is 2.31. The number of alkyl halides is 3. The highest BCUT2D eigenvalue weighted by Gasteiger charge is 2.41. The summed E-state index contributed by atoms with van der Waals surface area (Å²) in [4.78, 5) is 22.7. The fraction of sp³-hybridized carbons (Fsp3) is 0.273.